The number of hydrogen-bond acceptors (Lipinski definition) is 3. The van der Waals surface area contributed by atoms with Crippen LogP contribution in [0.5, 0.6) is 0 Å². The van der Waals surface area contributed by atoms with Crippen molar-refractivity contribution in [2.75, 3.05) is 0 Å². The van der Waals surface area contributed by atoms with E-state index in [2.05, 4.69) is 62.8 Å². The van der Waals surface area contributed by atoms with Crippen molar-refractivity contribution in [3.05, 3.63) is 50.4 Å². The Labute approximate surface area is 121 Å². The molecule has 0 spiro atoms. The minimum atomic E-state index is 0.381. The van der Waals surface area contributed by atoms with Gasteiger partial charge < -0.3 is 5.32 Å². The average Bonchev–Trinajstić information content (AvgIpc) is 2.76. The fourth-order valence-electron chi connectivity index (χ4n) is 1.92. The molecule has 18 heavy (non-hydrogen) atoms. The Morgan fingerprint density at radius 2 is 2.28 bits per heavy atom. The van der Waals surface area contributed by atoms with Crippen molar-refractivity contribution in [1.82, 2.24) is 10.3 Å². The van der Waals surface area contributed by atoms with Gasteiger partial charge in [-0.05, 0) is 31.0 Å². The molecule has 1 heterocycles. The van der Waals surface area contributed by atoms with E-state index in [4.69, 9.17) is 0 Å². The lowest BCUT2D eigenvalue weighted by molar-refractivity contribution is 0.517. The summed E-state index contributed by atoms with van der Waals surface area (Å²) < 4.78 is 1.13. The maximum atomic E-state index is 4.47. The topological polar surface area (TPSA) is 24.9 Å². The number of aromatic nitrogens is 1. The summed E-state index contributed by atoms with van der Waals surface area (Å²) in [6, 6.07) is 8.86. The summed E-state index contributed by atoms with van der Waals surface area (Å²) in [6.07, 6.45) is 1.07. The van der Waals surface area contributed by atoms with E-state index in [1.807, 2.05) is 6.92 Å². The summed E-state index contributed by atoms with van der Waals surface area (Å²) in [5, 5.41) is 6.82. The highest BCUT2D eigenvalue weighted by Crippen LogP contribution is 2.21. The van der Waals surface area contributed by atoms with Gasteiger partial charge in [0.05, 0.1) is 0 Å². The summed E-state index contributed by atoms with van der Waals surface area (Å²) in [5.41, 5.74) is 2.42. The number of aryl methyl sites for hydroxylation is 1. The lowest BCUT2D eigenvalue weighted by atomic mass is 10.0. The lowest BCUT2D eigenvalue weighted by Gasteiger charge is -2.17. The van der Waals surface area contributed by atoms with Crippen LogP contribution >= 0.6 is 27.3 Å². The SMILES string of the molecule is CCC(NCc1nc(C)cs1)c1cccc(Br)c1. The van der Waals surface area contributed by atoms with E-state index in [0.717, 1.165) is 28.1 Å². The second-order valence-corrected chi connectivity index (χ2v) is 6.14. The normalized spacial score (nSPS) is 12.6. The summed E-state index contributed by atoms with van der Waals surface area (Å²) in [4.78, 5) is 4.47. The zero-order valence-electron chi connectivity index (χ0n) is 10.6. The molecule has 2 nitrogen and oxygen atoms in total. The lowest BCUT2D eigenvalue weighted by Crippen LogP contribution is -2.20. The number of hydrogen-bond donors (Lipinski definition) is 1. The molecule has 2 rings (SSSR count). The Morgan fingerprint density at radius 3 is 2.89 bits per heavy atom. The van der Waals surface area contributed by atoms with Crippen LogP contribution in [0.25, 0.3) is 0 Å². The molecule has 0 aliphatic heterocycles. The largest absolute Gasteiger partial charge is 0.304 e. The van der Waals surface area contributed by atoms with E-state index in [1.54, 1.807) is 11.3 Å². The Balaban J connectivity index is 2.01. The van der Waals surface area contributed by atoms with Crippen molar-refractivity contribution >= 4 is 27.3 Å². The summed E-state index contributed by atoms with van der Waals surface area (Å²) in [5.74, 6) is 0. The highest BCUT2D eigenvalue weighted by Gasteiger charge is 2.09. The quantitative estimate of drug-likeness (QED) is 0.878. The highest BCUT2D eigenvalue weighted by molar-refractivity contribution is 9.10. The fourth-order valence-corrected chi connectivity index (χ4v) is 3.06. The Bertz CT molecular complexity index is 510. The molecule has 2 aromatic rings. The highest BCUT2D eigenvalue weighted by atomic mass is 79.9. The van der Waals surface area contributed by atoms with Gasteiger partial charge in [-0.15, -0.1) is 11.3 Å². The van der Waals surface area contributed by atoms with E-state index >= 15 is 0 Å². The van der Waals surface area contributed by atoms with Crippen LogP contribution in [0.15, 0.2) is 34.1 Å². The molecule has 1 aromatic heterocycles. The van der Waals surface area contributed by atoms with Crippen LogP contribution in [0.4, 0.5) is 0 Å². The second kappa shape index (κ2) is 6.45. The van der Waals surface area contributed by atoms with Gasteiger partial charge in [0.25, 0.3) is 0 Å². The first-order valence-electron chi connectivity index (χ1n) is 6.09. The molecular weight excluding hydrogens is 308 g/mol. The summed E-state index contributed by atoms with van der Waals surface area (Å²) >= 11 is 5.24. The number of nitrogens with zero attached hydrogens (tertiary/aromatic N) is 1. The van der Waals surface area contributed by atoms with E-state index in [0.29, 0.717) is 6.04 Å². The molecule has 0 saturated carbocycles. The number of thiazole rings is 1. The molecule has 0 radical (unpaired) electrons. The zero-order valence-corrected chi connectivity index (χ0v) is 13.0. The van der Waals surface area contributed by atoms with Crippen molar-refractivity contribution in [1.29, 1.82) is 0 Å². The van der Waals surface area contributed by atoms with Crippen LogP contribution in [-0.4, -0.2) is 4.98 Å². The zero-order chi connectivity index (χ0) is 13.0. The monoisotopic (exact) mass is 324 g/mol. The second-order valence-electron chi connectivity index (χ2n) is 4.28. The van der Waals surface area contributed by atoms with Crippen molar-refractivity contribution in [3.63, 3.8) is 0 Å². The molecule has 1 N–H and O–H groups in total. The van der Waals surface area contributed by atoms with Gasteiger partial charge in [-0.3, -0.25) is 0 Å². The first kappa shape index (κ1) is 13.7. The molecule has 0 aliphatic rings. The first-order valence-corrected chi connectivity index (χ1v) is 7.76. The Kier molecular flexibility index (Phi) is 4.92. The van der Waals surface area contributed by atoms with Crippen LogP contribution < -0.4 is 5.32 Å². The van der Waals surface area contributed by atoms with E-state index < -0.39 is 0 Å². The molecular formula is C14H17BrN2S. The summed E-state index contributed by atoms with van der Waals surface area (Å²) in [6.45, 7) is 5.07. The van der Waals surface area contributed by atoms with Crippen LogP contribution in [0.2, 0.25) is 0 Å². The Hall–Kier alpha value is -0.710. The number of halogens is 1. The van der Waals surface area contributed by atoms with E-state index in [-0.39, 0.29) is 0 Å². The molecule has 1 unspecified atom stereocenters. The van der Waals surface area contributed by atoms with Gasteiger partial charge in [-0.25, -0.2) is 4.98 Å². The van der Waals surface area contributed by atoms with Gasteiger partial charge in [0, 0.05) is 28.1 Å². The van der Waals surface area contributed by atoms with Gasteiger partial charge in [0.2, 0.25) is 0 Å². The minimum absolute atomic E-state index is 0.381. The van der Waals surface area contributed by atoms with Crippen LogP contribution in [0, 0.1) is 6.92 Å². The van der Waals surface area contributed by atoms with E-state index in [1.165, 1.54) is 5.56 Å². The van der Waals surface area contributed by atoms with Crippen molar-refractivity contribution in [2.45, 2.75) is 32.9 Å². The third-order valence-electron chi connectivity index (χ3n) is 2.83. The Morgan fingerprint density at radius 1 is 1.44 bits per heavy atom. The predicted molar refractivity (Wildman–Crippen MR) is 80.9 cm³/mol. The molecule has 0 amide bonds. The third-order valence-corrected chi connectivity index (χ3v) is 4.29. The first-order chi connectivity index (χ1) is 8.69. The van der Waals surface area contributed by atoms with Crippen LogP contribution in [0.3, 0.4) is 0 Å². The maximum absolute atomic E-state index is 4.47. The number of benzene rings is 1. The third kappa shape index (κ3) is 3.64. The standard InChI is InChI=1S/C14H17BrN2S/c1-3-13(11-5-4-6-12(15)7-11)16-8-14-17-10(2)9-18-14/h4-7,9,13,16H,3,8H2,1-2H3. The fraction of sp³-hybridized carbons (Fsp3) is 0.357. The van der Waals surface area contributed by atoms with Gasteiger partial charge in [0.15, 0.2) is 0 Å². The molecule has 0 bridgehead atoms. The van der Waals surface area contributed by atoms with Crippen LogP contribution in [0.1, 0.15) is 35.7 Å². The summed E-state index contributed by atoms with van der Waals surface area (Å²) in [7, 11) is 0. The van der Waals surface area contributed by atoms with Gasteiger partial charge in [-0.1, -0.05) is 35.0 Å². The molecule has 0 aliphatic carbocycles. The smallest absolute Gasteiger partial charge is 0.107 e. The van der Waals surface area contributed by atoms with Crippen molar-refractivity contribution in [3.8, 4) is 0 Å². The van der Waals surface area contributed by atoms with E-state index in [9.17, 15) is 0 Å². The van der Waals surface area contributed by atoms with Gasteiger partial charge in [0.1, 0.15) is 5.01 Å². The average molecular weight is 325 g/mol. The molecule has 0 fully saturated rings. The van der Waals surface area contributed by atoms with Gasteiger partial charge >= 0.3 is 0 Å². The van der Waals surface area contributed by atoms with Crippen LogP contribution in [-0.2, 0) is 6.54 Å². The maximum Gasteiger partial charge on any atom is 0.107 e. The molecule has 96 valence electrons. The van der Waals surface area contributed by atoms with Crippen molar-refractivity contribution in [2.24, 2.45) is 0 Å². The minimum Gasteiger partial charge on any atom is -0.304 e. The molecule has 1 atom stereocenters. The number of rotatable bonds is 5. The predicted octanol–water partition coefficient (Wildman–Crippen LogP) is 4.45. The van der Waals surface area contributed by atoms with Gasteiger partial charge in [-0.2, -0.15) is 0 Å². The molecule has 0 saturated heterocycles. The molecule has 1 aromatic carbocycles. The van der Waals surface area contributed by atoms with Crippen molar-refractivity contribution < 1.29 is 0 Å². The molecule has 4 heteroatoms. The number of nitrogens with one attached hydrogen (secondary N) is 1.